The van der Waals surface area contributed by atoms with E-state index in [0.29, 0.717) is 26.1 Å². The molecular weight excluding hydrogens is 474 g/mol. The summed E-state index contributed by atoms with van der Waals surface area (Å²) in [5.74, 6) is -1.20. The summed E-state index contributed by atoms with van der Waals surface area (Å²) >= 11 is 1.69. The van der Waals surface area contributed by atoms with Crippen LogP contribution in [0, 0.1) is 11.8 Å². The van der Waals surface area contributed by atoms with E-state index in [4.69, 9.17) is 0 Å². The fraction of sp³-hybridized carbons (Fsp3) is 0.750. The molecule has 3 heterocycles. The molecule has 2 bridgehead atoms. The summed E-state index contributed by atoms with van der Waals surface area (Å²) in [5, 5.41) is 10.3. The van der Waals surface area contributed by atoms with Crippen LogP contribution in [0.1, 0.15) is 66.2 Å². The molecule has 3 unspecified atom stereocenters. The Morgan fingerprint density at radius 1 is 1.19 bits per heavy atom. The first-order valence-electron chi connectivity index (χ1n) is 13.7. The van der Waals surface area contributed by atoms with Gasteiger partial charge in [-0.2, -0.15) is 0 Å². The molecule has 36 heavy (non-hydrogen) atoms. The molecule has 3 amide bonds. The molecule has 3 fully saturated rings. The Bertz CT molecular complexity index is 847. The van der Waals surface area contributed by atoms with E-state index in [9.17, 15) is 19.5 Å². The lowest BCUT2D eigenvalue weighted by Gasteiger charge is -2.41. The van der Waals surface area contributed by atoms with Gasteiger partial charge < -0.3 is 19.8 Å². The summed E-state index contributed by atoms with van der Waals surface area (Å²) < 4.78 is -0.640. The lowest BCUT2D eigenvalue weighted by Crippen LogP contribution is -2.58. The van der Waals surface area contributed by atoms with Gasteiger partial charge in [-0.15, -0.1) is 24.9 Å². The van der Waals surface area contributed by atoms with Gasteiger partial charge in [0.25, 0.3) is 0 Å². The fourth-order valence-corrected chi connectivity index (χ4v) is 8.94. The van der Waals surface area contributed by atoms with E-state index >= 15 is 0 Å². The number of nitrogens with zero attached hydrogens (tertiary/aromatic N) is 3. The fourth-order valence-electron chi connectivity index (χ4n) is 6.74. The van der Waals surface area contributed by atoms with Crippen molar-refractivity contribution in [1.29, 1.82) is 0 Å². The zero-order chi connectivity index (χ0) is 26.6. The van der Waals surface area contributed by atoms with Gasteiger partial charge in [0, 0.05) is 30.9 Å². The van der Waals surface area contributed by atoms with Crippen molar-refractivity contribution in [1.82, 2.24) is 14.7 Å². The maximum atomic E-state index is 14.4. The van der Waals surface area contributed by atoms with Crippen molar-refractivity contribution in [2.24, 2.45) is 11.8 Å². The van der Waals surface area contributed by atoms with E-state index < -0.39 is 28.7 Å². The predicted molar refractivity (Wildman–Crippen MR) is 145 cm³/mol. The van der Waals surface area contributed by atoms with Gasteiger partial charge in [0.05, 0.1) is 29.2 Å². The van der Waals surface area contributed by atoms with Crippen molar-refractivity contribution in [3.63, 3.8) is 0 Å². The van der Waals surface area contributed by atoms with Gasteiger partial charge in [-0.3, -0.25) is 14.4 Å². The number of fused-ring (bicyclic) bond motifs is 1. The third kappa shape index (κ3) is 4.75. The van der Waals surface area contributed by atoms with Crippen molar-refractivity contribution in [2.45, 2.75) is 94.3 Å². The van der Waals surface area contributed by atoms with Crippen LogP contribution in [0.2, 0.25) is 0 Å². The Balaban J connectivity index is 2.08. The van der Waals surface area contributed by atoms with Gasteiger partial charge in [0.15, 0.2) is 0 Å². The van der Waals surface area contributed by atoms with Crippen LogP contribution in [0.15, 0.2) is 25.3 Å². The average molecular weight is 520 g/mol. The summed E-state index contributed by atoms with van der Waals surface area (Å²) in [7, 11) is 0. The summed E-state index contributed by atoms with van der Waals surface area (Å²) in [6.45, 7) is 17.1. The molecule has 7 atom stereocenters. The Hall–Kier alpha value is -1.80. The molecule has 7 nitrogen and oxygen atoms in total. The number of hydrogen-bond acceptors (Lipinski definition) is 5. The third-order valence-electron chi connectivity index (χ3n) is 8.33. The quantitative estimate of drug-likeness (QED) is 0.356. The SMILES string of the molecule is C=CCN(CCC)C(=O)[C@@H]1[C@H]2C(=O)N([C@@H](CC)CO)C(C(=O)N(CC=C)C(C)CCC)C23CC[C@H]1S3. The number of carbonyl (C=O) groups is 3. The second kappa shape index (κ2) is 12.2. The minimum atomic E-state index is -0.682. The van der Waals surface area contributed by atoms with Gasteiger partial charge >= 0.3 is 0 Å². The highest BCUT2D eigenvalue weighted by atomic mass is 32.2. The van der Waals surface area contributed by atoms with Crippen LogP contribution in [0.5, 0.6) is 0 Å². The Morgan fingerprint density at radius 3 is 2.44 bits per heavy atom. The molecule has 3 saturated heterocycles. The highest BCUT2D eigenvalue weighted by Crippen LogP contribution is 2.67. The lowest BCUT2D eigenvalue weighted by molar-refractivity contribution is -0.147. The highest BCUT2D eigenvalue weighted by Gasteiger charge is 2.74. The van der Waals surface area contributed by atoms with E-state index in [2.05, 4.69) is 20.1 Å². The van der Waals surface area contributed by atoms with Gasteiger partial charge in [-0.25, -0.2) is 0 Å². The maximum absolute atomic E-state index is 14.4. The largest absolute Gasteiger partial charge is 0.394 e. The number of amides is 3. The first-order valence-corrected chi connectivity index (χ1v) is 14.6. The molecule has 0 radical (unpaired) electrons. The van der Waals surface area contributed by atoms with Crippen LogP contribution < -0.4 is 0 Å². The Kier molecular flexibility index (Phi) is 9.72. The highest BCUT2D eigenvalue weighted by molar-refractivity contribution is 8.02. The summed E-state index contributed by atoms with van der Waals surface area (Å²) in [4.78, 5) is 47.8. The maximum Gasteiger partial charge on any atom is 0.247 e. The van der Waals surface area contributed by atoms with Gasteiger partial charge in [-0.05, 0) is 39.0 Å². The van der Waals surface area contributed by atoms with E-state index in [1.807, 2.05) is 30.6 Å². The number of hydrogen-bond donors (Lipinski definition) is 1. The number of aliphatic hydroxyl groups excluding tert-OH is 1. The second-order valence-corrected chi connectivity index (χ2v) is 12.1. The van der Waals surface area contributed by atoms with Gasteiger partial charge in [-0.1, -0.05) is 39.3 Å². The molecule has 8 heteroatoms. The minimum absolute atomic E-state index is 0.00145. The first kappa shape index (κ1) is 28.8. The van der Waals surface area contributed by atoms with Gasteiger partial charge in [0.2, 0.25) is 17.7 Å². The normalized spacial score (nSPS) is 30.1. The van der Waals surface area contributed by atoms with Crippen LogP contribution in [-0.4, -0.2) is 91.9 Å². The van der Waals surface area contributed by atoms with Crippen molar-refractivity contribution in [3.8, 4) is 0 Å². The summed E-state index contributed by atoms with van der Waals surface area (Å²) in [6.07, 6.45) is 8.21. The van der Waals surface area contributed by atoms with E-state index in [-0.39, 0.29) is 35.6 Å². The average Bonchev–Trinajstić information content (AvgIpc) is 3.50. The number of rotatable bonds is 14. The smallest absolute Gasteiger partial charge is 0.247 e. The number of likely N-dealkylation sites (tertiary alicyclic amines) is 1. The van der Waals surface area contributed by atoms with Crippen LogP contribution in [0.3, 0.4) is 0 Å². The Labute approximate surface area is 221 Å². The van der Waals surface area contributed by atoms with Crippen LogP contribution in [0.4, 0.5) is 0 Å². The lowest BCUT2D eigenvalue weighted by atomic mass is 9.70. The second-order valence-electron chi connectivity index (χ2n) is 10.5. The molecule has 3 rings (SSSR count). The van der Waals surface area contributed by atoms with Crippen LogP contribution in [0.25, 0.3) is 0 Å². The van der Waals surface area contributed by atoms with Crippen molar-refractivity contribution in [3.05, 3.63) is 25.3 Å². The molecule has 3 aliphatic heterocycles. The zero-order valence-electron chi connectivity index (χ0n) is 22.5. The molecular formula is C28H45N3O4S. The molecule has 202 valence electrons. The minimum Gasteiger partial charge on any atom is -0.394 e. The van der Waals surface area contributed by atoms with Crippen LogP contribution in [-0.2, 0) is 14.4 Å². The Morgan fingerprint density at radius 2 is 1.89 bits per heavy atom. The molecule has 0 aromatic carbocycles. The first-order chi connectivity index (χ1) is 17.3. The molecule has 1 spiro atoms. The monoisotopic (exact) mass is 519 g/mol. The molecule has 0 aromatic heterocycles. The topological polar surface area (TPSA) is 81.2 Å². The standard InChI is InChI=1S/C28H45N3O4S/c1-7-12-19(6)30(17-10-4)27(35)24-28-14-13-21(36-28)22(25(33)29(15-8-2)16-9-3)23(28)26(34)31(24)20(11-5)18-32/h8,10,19-24,32H,2,4,7,9,11-18H2,1,3,5-6H3/t19?,20-,21+,22-,23-,24?,28?/m0/s1. The molecule has 0 saturated carbocycles. The zero-order valence-corrected chi connectivity index (χ0v) is 23.3. The van der Waals surface area contributed by atoms with E-state index in [1.54, 1.807) is 28.8 Å². The number of carbonyl (C=O) groups excluding carboxylic acids is 3. The molecule has 0 aliphatic carbocycles. The van der Waals surface area contributed by atoms with Crippen LogP contribution >= 0.6 is 11.8 Å². The molecule has 1 N–H and O–H groups in total. The van der Waals surface area contributed by atoms with E-state index in [1.165, 1.54) is 0 Å². The van der Waals surface area contributed by atoms with Crippen molar-refractivity contribution in [2.75, 3.05) is 26.2 Å². The summed E-state index contributed by atoms with van der Waals surface area (Å²) in [5.41, 5.74) is 0. The predicted octanol–water partition coefficient (Wildman–Crippen LogP) is 3.48. The molecule has 0 aromatic rings. The summed E-state index contributed by atoms with van der Waals surface area (Å²) in [6, 6.07) is -1.12. The molecule has 3 aliphatic rings. The number of thioether (sulfide) groups is 1. The number of aliphatic hydroxyl groups is 1. The van der Waals surface area contributed by atoms with Crippen molar-refractivity contribution < 1.29 is 19.5 Å². The van der Waals surface area contributed by atoms with Gasteiger partial charge in [0.1, 0.15) is 6.04 Å². The van der Waals surface area contributed by atoms with E-state index in [0.717, 1.165) is 32.1 Å². The van der Waals surface area contributed by atoms with Crippen molar-refractivity contribution >= 4 is 29.5 Å². The third-order valence-corrected chi connectivity index (χ3v) is 10.3.